The highest BCUT2D eigenvalue weighted by molar-refractivity contribution is 5.87. The summed E-state index contributed by atoms with van der Waals surface area (Å²) in [5, 5.41) is 7.78. The van der Waals surface area contributed by atoms with Gasteiger partial charge in [-0.2, -0.15) is 18.3 Å². The van der Waals surface area contributed by atoms with Crippen LogP contribution in [-0.2, 0) is 15.7 Å². The molecule has 0 saturated carbocycles. The zero-order valence-corrected chi connectivity index (χ0v) is 15.0. The zero-order chi connectivity index (χ0) is 20.1. The second-order valence-electron chi connectivity index (χ2n) is 6.52. The summed E-state index contributed by atoms with van der Waals surface area (Å²) in [6, 6.07) is 7.70. The fourth-order valence-electron chi connectivity index (χ4n) is 1.96. The van der Waals surface area contributed by atoms with Crippen LogP contribution in [0, 0.1) is 0 Å². The third kappa shape index (κ3) is 6.65. The number of rotatable bonds is 4. The van der Waals surface area contributed by atoms with Gasteiger partial charge in [0, 0.05) is 12.3 Å². The second-order valence-corrected chi connectivity index (χ2v) is 6.52. The van der Waals surface area contributed by atoms with E-state index in [9.17, 15) is 18.0 Å². The van der Waals surface area contributed by atoms with E-state index in [2.05, 4.69) is 15.2 Å². The Morgan fingerprint density at radius 3 is 2.52 bits per heavy atom. The zero-order valence-electron chi connectivity index (χ0n) is 15.0. The summed E-state index contributed by atoms with van der Waals surface area (Å²) in [4.78, 5) is 15.8. The third-order valence-corrected chi connectivity index (χ3v) is 3.05. The van der Waals surface area contributed by atoms with Crippen LogP contribution in [0.25, 0.3) is 6.08 Å². The minimum Gasteiger partial charge on any atom is -0.457 e. The smallest absolute Gasteiger partial charge is 0.416 e. The molecule has 0 aliphatic carbocycles. The van der Waals surface area contributed by atoms with Crippen LogP contribution in [0.3, 0.4) is 0 Å². The van der Waals surface area contributed by atoms with Gasteiger partial charge in [-0.15, -0.1) is 5.11 Å². The highest BCUT2D eigenvalue weighted by Crippen LogP contribution is 2.32. The van der Waals surface area contributed by atoms with Crippen LogP contribution in [0.5, 0.6) is 0 Å². The van der Waals surface area contributed by atoms with Gasteiger partial charge in [0.05, 0.1) is 16.9 Å². The van der Waals surface area contributed by atoms with Crippen LogP contribution < -0.4 is 0 Å². The lowest BCUT2D eigenvalue weighted by Gasteiger charge is -2.17. The number of hydrogen-bond donors (Lipinski definition) is 0. The molecule has 0 atom stereocenters. The molecule has 8 heteroatoms. The Kier molecular flexibility index (Phi) is 6.09. The van der Waals surface area contributed by atoms with Crippen LogP contribution in [0.15, 0.2) is 58.9 Å². The van der Waals surface area contributed by atoms with Crippen molar-refractivity contribution in [3.8, 4) is 0 Å². The highest BCUT2D eigenvalue weighted by Gasteiger charge is 2.30. The van der Waals surface area contributed by atoms with Crippen LogP contribution in [0.1, 0.15) is 32.0 Å². The van der Waals surface area contributed by atoms with Gasteiger partial charge < -0.3 is 4.74 Å². The van der Waals surface area contributed by atoms with Gasteiger partial charge in [-0.05, 0) is 57.2 Å². The number of halogens is 3. The molecule has 0 radical (unpaired) electrons. The Morgan fingerprint density at radius 2 is 1.85 bits per heavy atom. The fraction of sp³-hybridized carbons (Fsp3) is 0.263. The maximum atomic E-state index is 12.8. The van der Waals surface area contributed by atoms with Crippen LogP contribution in [0.4, 0.5) is 24.5 Å². The summed E-state index contributed by atoms with van der Waals surface area (Å²) < 4.78 is 43.4. The van der Waals surface area contributed by atoms with Crippen molar-refractivity contribution in [2.45, 2.75) is 32.5 Å². The average molecular weight is 377 g/mol. The molecule has 0 amide bonds. The Morgan fingerprint density at radius 1 is 1.11 bits per heavy atom. The number of carbonyl (C=O) groups is 1. The fourth-order valence-corrected chi connectivity index (χ4v) is 1.96. The van der Waals surface area contributed by atoms with Crippen molar-refractivity contribution in [2.75, 3.05) is 0 Å². The highest BCUT2D eigenvalue weighted by atomic mass is 19.4. The van der Waals surface area contributed by atoms with Gasteiger partial charge in [0.15, 0.2) is 0 Å². The first-order valence-electron chi connectivity index (χ1n) is 8.00. The van der Waals surface area contributed by atoms with E-state index >= 15 is 0 Å². The lowest BCUT2D eigenvalue weighted by Crippen LogP contribution is -2.22. The Labute approximate surface area is 154 Å². The number of alkyl halides is 3. The first-order chi connectivity index (χ1) is 12.5. The van der Waals surface area contributed by atoms with Crippen molar-refractivity contribution >= 4 is 23.4 Å². The van der Waals surface area contributed by atoms with Crippen molar-refractivity contribution in [1.82, 2.24) is 4.98 Å². The molecular formula is C19H18F3N3O2. The molecular weight excluding hydrogens is 359 g/mol. The van der Waals surface area contributed by atoms with E-state index in [0.29, 0.717) is 11.4 Å². The van der Waals surface area contributed by atoms with E-state index in [4.69, 9.17) is 4.74 Å². The number of carbonyl (C=O) groups excluding carboxylic acids is 1. The number of ether oxygens (including phenoxy) is 1. The number of nitrogens with zero attached hydrogens (tertiary/aromatic N) is 3. The Hall–Kier alpha value is -3.03. The largest absolute Gasteiger partial charge is 0.457 e. The minimum atomic E-state index is -4.46. The molecule has 0 bridgehead atoms. The van der Waals surface area contributed by atoms with E-state index in [0.717, 1.165) is 12.1 Å². The summed E-state index contributed by atoms with van der Waals surface area (Å²) in [5.41, 5.74) is -0.753. The molecule has 0 spiro atoms. The maximum Gasteiger partial charge on any atom is 0.416 e. The normalized spacial score (nSPS) is 12.7. The SMILES string of the molecule is CC(C)(C)OC(=O)C=Cc1ncccc1N=Nc1cccc(C(F)(F)F)c1. The number of esters is 1. The van der Waals surface area contributed by atoms with Crippen molar-refractivity contribution in [3.63, 3.8) is 0 Å². The van der Waals surface area contributed by atoms with E-state index in [1.165, 1.54) is 30.5 Å². The lowest BCUT2D eigenvalue weighted by atomic mass is 10.2. The number of aromatic nitrogens is 1. The first kappa shape index (κ1) is 20.3. The van der Waals surface area contributed by atoms with E-state index in [1.54, 1.807) is 32.9 Å². The number of hydrogen-bond acceptors (Lipinski definition) is 5. The average Bonchev–Trinajstić information content (AvgIpc) is 2.57. The lowest BCUT2D eigenvalue weighted by molar-refractivity contribution is -0.148. The van der Waals surface area contributed by atoms with Gasteiger partial charge in [-0.3, -0.25) is 4.98 Å². The van der Waals surface area contributed by atoms with Crippen LogP contribution >= 0.6 is 0 Å². The predicted octanol–water partition coefficient (Wildman–Crippen LogP) is 5.87. The summed E-state index contributed by atoms with van der Waals surface area (Å²) in [6.45, 7) is 5.23. The Balaban J connectivity index is 2.21. The quantitative estimate of drug-likeness (QED) is 0.380. The van der Waals surface area contributed by atoms with Gasteiger partial charge in [0.25, 0.3) is 0 Å². The summed E-state index contributed by atoms with van der Waals surface area (Å²) >= 11 is 0. The molecule has 0 aliphatic heterocycles. The molecule has 1 aromatic carbocycles. The first-order valence-corrected chi connectivity index (χ1v) is 8.00. The van der Waals surface area contributed by atoms with Gasteiger partial charge in [-0.1, -0.05) is 6.07 Å². The number of pyridine rings is 1. The standard InChI is InChI=1S/C19H18F3N3O2/c1-18(2,3)27-17(26)10-9-15-16(8-5-11-23-15)25-24-14-7-4-6-13(12-14)19(20,21)22/h4-12H,1-3H3. The molecule has 2 aromatic rings. The number of benzene rings is 1. The molecule has 1 heterocycles. The van der Waals surface area contributed by atoms with E-state index < -0.39 is 23.3 Å². The van der Waals surface area contributed by atoms with Crippen molar-refractivity contribution in [1.29, 1.82) is 0 Å². The van der Waals surface area contributed by atoms with Crippen LogP contribution in [0.2, 0.25) is 0 Å². The topological polar surface area (TPSA) is 63.9 Å². The number of azo groups is 1. The molecule has 0 saturated heterocycles. The van der Waals surface area contributed by atoms with Crippen molar-refractivity contribution in [3.05, 3.63) is 59.9 Å². The van der Waals surface area contributed by atoms with Gasteiger partial charge in [0.2, 0.25) is 0 Å². The monoisotopic (exact) mass is 377 g/mol. The minimum absolute atomic E-state index is 0.0516. The third-order valence-electron chi connectivity index (χ3n) is 3.05. The Bertz CT molecular complexity index is 869. The molecule has 0 fully saturated rings. The molecule has 142 valence electrons. The van der Waals surface area contributed by atoms with Crippen LogP contribution in [-0.4, -0.2) is 16.6 Å². The van der Waals surface area contributed by atoms with E-state index in [-0.39, 0.29) is 5.69 Å². The molecule has 0 unspecified atom stereocenters. The molecule has 27 heavy (non-hydrogen) atoms. The molecule has 1 aromatic heterocycles. The van der Waals surface area contributed by atoms with Crippen molar-refractivity contribution in [2.24, 2.45) is 10.2 Å². The summed E-state index contributed by atoms with van der Waals surface area (Å²) in [7, 11) is 0. The maximum absolute atomic E-state index is 12.8. The molecule has 0 N–H and O–H groups in total. The summed E-state index contributed by atoms with van der Waals surface area (Å²) in [6.07, 6.45) is -0.343. The predicted molar refractivity (Wildman–Crippen MR) is 94.7 cm³/mol. The van der Waals surface area contributed by atoms with E-state index in [1.807, 2.05) is 0 Å². The van der Waals surface area contributed by atoms with Gasteiger partial charge in [0.1, 0.15) is 11.3 Å². The molecule has 5 nitrogen and oxygen atoms in total. The van der Waals surface area contributed by atoms with Gasteiger partial charge >= 0.3 is 12.1 Å². The second kappa shape index (κ2) is 8.11. The van der Waals surface area contributed by atoms with Gasteiger partial charge in [-0.25, -0.2) is 4.79 Å². The summed E-state index contributed by atoms with van der Waals surface area (Å²) in [5.74, 6) is -0.547. The van der Waals surface area contributed by atoms with Crippen molar-refractivity contribution < 1.29 is 22.7 Å². The molecule has 0 aliphatic rings. The molecule has 2 rings (SSSR count).